The van der Waals surface area contributed by atoms with Crippen LogP contribution in [0.5, 0.6) is 0 Å². The molecule has 32 heavy (non-hydrogen) atoms. The van der Waals surface area contributed by atoms with Gasteiger partial charge in [0.25, 0.3) is 11.8 Å². The van der Waals surface area contributed by atoms with Crippen LogP contribution >= 0.6 is 0 Å². The van der Waals surface area contributed by atoms with Gasteiger partial charge in [0.05, 0.1) is 11.4 Å². The molecule has 0 radical (unpaired) electrons. The molecular weight excluding hydrogens is 426 g/mol. The minimum atomic E-state index is -3.77. The third-order valence-electron chi connectivity index (χ3n) is 4.50. The largest absolute Gasteiger partial charge is 0.336 e. The fourth-order valence-corrected chi connectivity index (χ4v) is 3.84. The third kappa shape index (κ3) is 5.82. The van der Waals surface area contributed by atoms with Crippen molar-refractivity contribution < 1.29 is 18.0 Å². The van der Waals surface area contributed by atoms with Gasteiger partial charge >= 0.3 is 0 Å². The molecule has 0 bridgehead atoms. The summed E-state index contributed by atoms with van der Waals surface area (Å²) in [5, 5.41) is 5.51. The minimum absolute atomic E-state index is 0.0225. The first-order valence-electron chi connectivity index (χ1n) is 9.65. The van der Waals surface area contributed by atoms with E-state index in [0.29, 0.717) is 11.3 Å². The molecule has 0 saturated heterocycles. The highest BCUT2D eigenvalue weighted by atomic mass is 32.2. The highest BCUT2D eigenvalue weighted by molar-refractivity contribution is 7.89. The summed E-state index contributed by atoms with van der Waals surface area (Å²) in [6, 6.07) is 22.1. The van der Waals surface area contributed by atoms with Crippen LogP contribution in [0.1, 0.15) is 22.0 Å². The van der Waals surface area contributed by atoms with E-state index in [-0.39, 0.29) is 17.0 Å². The van der Waals surface area contributed by atoms with Crippen molar-refractivity contribution in [1.82, 2.24) is 10.0 Å². The maximum Gasteiger partial charge on any atom is 0.252 e. The zero-order chi connectivity index (χ0) is 23.0. The van der Waals surface area contributed by atoms with E-state index in [0.717, 1.165) is 0 Å². The molecule has 3 aromatic carbocycles. The van der Waals surface area contributed by atoms with Gasteiger partial charge in [-0.15, -0.1) is 6.42 Å². The molecule has 1 atom stereocenters. The molecule has 3 rings (SSSR count). The van der Waals surface area contributed by atoms with Crippen molar-refractivity contribution in [3.63, 3.8) is 0 Å². The van der Waals surface area contributed by atoms with Crippen LogP contribution < -0.4 is 15.4 Å². The van der Waals surface area contributed by atoms with Gasteiger partial charge in [0.2, 0.25) is 10.0 Å². The summed E-state index contributed by atoms with van der Waals surface area (Å²) in [5.41, 5.74) is 1.41. The highest BCUT2D eigenvalue weighted by Gasteiger charge is 2.24. The summed E-state index contributed by atoms with van der Waals surface area (Å²) in [6.45, 7) is -0.139. The van der Waals surface area contributed by atoms with Gasteiger partial charge in [0.1, 0.15) is 6.04 Å². The summed E-state index contributed by atoms with van der Waals surface area (Å²) in [5.74, 6) is 1.26. The Morgan fingerprint density at radius 1 is 0.875 bits per heavy atom. The molecule has 0 aromatic heterocycles. The Bertz CT molecular complexity index is 1220. The first kappa shape index (κ1) is 22.7. The van der Waals surface area contributed by atoms with Crippen molar-refractivity contribution in [3.05, 3.63) is 96.1 Å². The average Bonchev–Trinajstić information content (AvgIpc) is 2.82. The first-order chi connectivity index (χ1) is 15.4. The molecule has 1 unspecified atom stereocenters. The molecule has 0 aliphatic heterocycles. The van der Waals surface area contributed by atoms with E-state index in [4.69, 9.17) is 6.42 Å². The summed E-state index contributed by atoms with van der Waals surface area (Å²) in [6.07, 6.45) is 5.08. The number of rotatable bonds is 8. The number of amides is 2. The van der Waals surface area contributed by atoms with E-state index in [1.54, 1.807) is 48.5 Å². The second-order valence-electron chi connectivity index (χ2n) is 6.73. The number of nitrogens with one attached hydrogen (secondary N) is 3. The molecule has 0 spiro atoms. The van der Waals surface area contributed by atoms with E-state index >= 15 is 0 Å². The molecule has 0 aliphatic carbocycles. The summed E-state index contributed by atoms with van der Waals surface area (Å²) < 4.78 is 26.5. The number of hydrogen-bond acceptors (Lipinski definition) is 4. The number of carbonyl (C=O) groups excluding carboxylic acids is 2. The quantitative estimate of drug-likeness (QED) is 0.462. The third-order valence-corrected chi connectivity index (χ3v) is 5.92. The average molecular weight is 448 g/mol. The number of para-hydroxylation sites is 1. The van der Waals surface area contributed by atoms with Crippen molar-refractivity contribution in [2.45, 2.75) is 10.9 Å². The van der Waals surface area contributed by atoms with Crippen LogP contribution in [0.25, 0.3) is 0 Å². The predicted molar refractivity (Wildman–Crippen MR) is 122 cm³/mol. The van der Waals surface area contributed by atoms with Gasteiger partial charge in [-0.1, -0.05) is 54.5 Å². The van der Waals surface area contributed by atoms with Crippen molar-refractivity contribution in [2.24, 2.45) is 0 Å². The molecule has 8 heteroatoms. The predicted octanol–water partition coefficient (Wildman–Crippen LogP) is 2.71. The maximum absolute atomic E-state index is 12.9. The lowest BCUT2D eigenvalue weighted by atomic mass is 10.1. The van der Waals surface area contributed by atoms with Crippen molar-refractivity contribution >= 4 is 27.5 Å². The van der Waals surface area contributed by atoms with Gasteiger partial charge in [-0.2, -0.15) is 4.72 Å². The molecule has 0 aliphatic rings. The Morgan fingerprint density at radius 3 is 2.06 bits per heavy atom. The number of terminal acetylenes is 1. The lowest BCUT2D eigenvalue weighted by molar-refractivity contribution is -0.118. The van der Waals surface area contributed by atoms with Crippen molar-refractivity contribution in [3.8, 4) is 12.3 Å². The molecule has 3 N–H and O–H groups in total. The minimum Gasteiger partial charge on any atom is -0.336 e. The Hall–Kier alpha value is -3.93. The topological polar surface area (TPSA) is 104 Å². The van der Waals surface area contributed by atoms with E-state index in [1.165, 1.54) is 24.3 Å². The summed E-state index contributed by atoms with van der Waals surface area (Å²) >= 11 is 0. The van der Waals surface area contributed by atoms with Crippen LogP contribution in [0.2, 0.25) is 0 Å². The molecule has 0 saturated carbocycles. The van der Waals surface area contributed by atoms with Crippen molar-refractivity contribution in [1.29, 1.82) is 0 Å². The fraction of sp³-hybridized carbons (Fsp3) is 0.0833. The van der Waals surface area contributed by atoms with Crippen LogP contribution in [-0.4, -0.2) is 26.8 Å². The van der Waals surface area contributed by atoms with Gasteiger partial charge in [-0.05, 0) is 42.0 Å². The molecule has 0 heterocycles. The smallest absolute Gasteiger partial charge is 0.252 e. The Balaban J connectivity index is 1.79. The second kappa shape index (κ2) is 10.4. The fourth-order valence-electron chi connectivity index (χ4n) is 2.90. The molecule has 3 aromatic rings. The molecule has 7 nitrogen and oxygen atoms in total. The first-order valence-corrected chi connectivity index (χ1v) is 11.1. The van der Waals surface area contributed by atoms with Crippen LogP contribution in [-0.2, 0) is 14.8 Å². The summed E-state index contributed by atoms with van der Waals surface area (Å²) in [4.78, 5) is 25.7. The van der Waals surface area contributed by atoms with E-state index in [9.17, 15) is 18.0 Å². The standard InChI is InChI=1S/C24H21N3O4S/c1-2-17-25-32(30,31)21-15-13-19(14-16-21)23(28)27-22(18-9-5-3-6-10-18)24(29)26-20-11-7-4-8-12-20/h1,3-16,22,25H,17H2,(H,26,29)(H,27,28). The SMILES string of the molecule is C#CCNS(=O)(=O)c1ccc(C(=O)NC(C(=O)Nc2ccccc2)c2ccccc2)cc1. The van der Waals surface area contributed by atoms with Gasteiger partial charge < -0.3 is 10.6 Å². The maximum atomic E-state index is 12.9. The Kier molecular flexibility index (Phi) is 7.39. The zero-order valence-electron chi connectivity index (χ0n) is 17.0. The normalized spacial score (nSPS) is 11.7. The molecule has 2 amide bonds. The van der Waals surface area contributed by atoms with Crippen molar-refractivity contribution in [2.75, 3.05) is 11.9 Å². The molecular formula is C24H21N3O4S. The van der Waals surface area contributed by atoms with Crippen LogP contribution in [0.3, 0.4) is 0 Å². The van der Waals surface area contributed by atoms with Crippen LogP contribution in [0, 0.1) is 12.3 Å². The lowest BCUT2D eigenvalue weighted by Gasteiger charge is -2.19. The zero-order valence-corrected chi connectivity index (χ0v) is 17.8. The van der Waals surface area contributed by atoms with Gasteiger partial charge in [0.15, 0.2) is 0 Å². The van der Waals surface area contributed by atoms with E-state index in [1.807, 2.05) is 12.1 Å². The van der Waals surface area contributed by atoms with Gasteiger partial charge in [-0.3, -0.25) is 9.59 Å². The summed E-state index contributed by atoms with van der Waals surface area (Å²) in [7, 11) is -3.77. The number of carbonyl (C=O) groups is 2. The number of hydrogen-bond donors (Lipinski definition) is 3. The number of sulfonamides is 1. The highest BCUT2D eigenvalue weighted by Crippen LogP contribution is 2.18. The lowest BCUT2D eigenvalue weighted by Crippen LogP contribution is -2.37. The van der Waals surface area contributed by atoms with E-state index in [2.05, 4.69) is 21.3 Å². The van der Waals surface area contributed by atoms with Crippen LogP contribution in [0.15, 0.2) is 89.8 Å². The Morgan fingerprint density at radius 2 is 1.47 bits per heavy atom. The molecule has 0 fully saturated rings. The van der Waals surface area contributed by atoms with Crippen LogP contribution in [0.4, 0.5) is 5.69 Å². The molecule has 162 valence electrons. The number of anilines is 1. The monoisotopic (exact) mass is 447 g/mol. The van der Waals surface area contributed by atoms with Gasteiger partial charge in [-0.25, -0.2) is 8.42 Å². The number of benzene rings is 3. The second-order valence-corrected chi connectivity index (χ2v) is 8.49. The Labute approximate surface area is 186 Å². The van der Waals surface area contributed by atoms with Gasteiger partial charge in [0, 0.05) is 11.3 Å². The van der Waals surface area contributed by atoms with E-state index < -0.39 is 27.9 Å².